The van der Waals surface area contributed by atoms with Crippen molar-refractivity contribution in [2.75, 3.05) is 30.3 Å². The first kappa shape index (κ1) is 16.5. The van der Waals surface area contributed by atoms with Crippen LogP contribution in [0, 0.1) is 17.2 Å². The second-order valence-corrected chi connectivity index (χ2v) is 6.28. The lowest BCUT2D eigenvalue weighted by Crippen LogP contribution is -2.31. The van der Waals surface area contributed by atoms with E-state index in [4.69, 9.17) is 5.26 Å². The van der Waals surface area contributed by atoms with Gasteiger partial charge >= 0.3 is 0 Å². The molecule has 0 spiro atoms. The van der Waals surface area contributed by atoms with Gasteiger partial charge in [0.15, 0.2) is 16.1 Å². The average molecular weight is 389 g/mol. The molecule has 0 saturated carbocycles. The second kappa shape index (κ2) is 7.99. The molecule has 24 heavy (non-hydrogen) atoms. The monoisotopic (exact) mass is 388 g/mol. The summed E-state index contributed by atoms with van der Waals surface area (Å²) < 4.78 is 0.674. The van der Waals surface area contributed by atoms with Crippen molar-refractivity contribution < 1.29 is 0 Å². The number of nitrogens with zero attached hydrogens (tertiary/aromatic N) is 5. The molecule has 0 aliphatic carbocycles. The van der Waals surface area contributed by atoms with Gasteiger partial charge in [0.1, 0.15) is 11.9 Å². The Hall–Kier alpha value is -2.31. The zero-order valence-electron chi connectivity index (χ0n) is 13.0. The van der Waals surface area contributed by atoms with Crippen LogP contribution in [0.2, 0.25) is 0 Å². The fraction of sp³-hybridized carbons (Fsp3) is 0.400. The van der Waals surface area contributed by atoms with Crippen molar-refractivity contribution in [3.8, 4) is 6.07 Å². The van der Waals surface area contributed by atoms with Gasteiger partial charge in [0.25, 0.3) is 0 Å². The first-order valence-electron chi connectivity index (χ1n) is 7.71. The fourth-order valence-electron chi connectivity index (χ4n) is 2.48. The van der Waals surface area contributed by atoms with E-state index in [1.165, 1.54) is 25.2 Å². The van der Waals surface area contributed by atoms with E-state index in [-0.39, 0.29) is 5.69 Å². The van der Waals surface area contributed by atoms with Crippen molar-refractivity contribution >= 4 is 33.3 Å². The molecule has 1 saturated heterocycles. The van der Waals surface area contributed by atoms with Crippen LogP contribution in [0.1, 0.15) is 18.5 Å². The molecular formula is C15H17BrN8. The molecule has 0 aromatic carbocycles. The minimum absolute atomic E-state index is 0.270. The highest BCUT2D eigenvalue weighted by Gasteiger charge is 2.14. The van der Waals surface area contributed by atoms with E-state index < -0.39 is 0 Å². The van der Waals surface area contributed by atoms with Crippen molar-refractivity contribution in [2.45, 2.75) is 12.8 Å². The summed E-state index contributed by atoms with van der Waals surface area (Å²) in [6.07, 6.45) is 5.25. The zero-order valence-corrected chi connectivity index (χ0v) is 14.5. The van der Waals surface area contributed by atoms with Crippen molar-refractivity contribution in [1.29, 1.82) is 5.26 Å². The average Bonchev–Trinajstić information content (AvgIpc) is 2.63. The number of piperidine rings is 1. The van der Waals surface area contributed by atoms with Gasteiger partial charge in [-0.05, 0) is 47.8 Å². The summed E-state index contributed by atoms with van der Waals surface area (Å²) in [4.78, 5) is 8.08. The summed E-state index contributed by atoms with van der Waals surface area (Å²) in [6, 6.07) is 3.81. The summed E-state index contributed by atoms with van der Waals surface area (Å²) in [5.41, 5.74) is 1.15. The minimum atomic E-state index is 0.270. The van der Waals surface area contributed by atoms with Crippen LogP contribution in [0.5, 0.6) is 0 Å². The van der Waals surface area contributed by atoms with Crippen LogP contribution in [-0.2, 0) is 0 Å². The van der Waals surface area contributed by atoms with E-state index in [9.17, 15) is 0 Å². The lowest BCUT2D eigenvalue weighted by molar-refractivity contribution is 0.390. The molecule has 3 N–H and O–H groups in total. The molecule has 1 aliphatic heterocycles. The Labute approximate surface area is 148 Å². The number of halogens is 1. The number of rotatable bonds is 5. The van der Waals surface area contributed by atoms with Gasteiger partial charge in [0.05, 0.1) is 18.1 Å². The highest BCUT2D eigenvalue weighted by Crippen LogP contribution is 2.24. The first-order chi connectivity index (χ1) is 11.7. The van der Waals surface area contributed by atoms with Gasteiger partial charge in [-0.2, -0.15) is 5.26 Å². The van der Waals surface area contributed by atoms with Gasteiger partial charge in [-0.1, -0.05) is 0 Å². The predicted molar refractivity (Wildman–Crippen MR) is 93.8 cm³/mol. The van der Waals surface area contributed by atoms with Crippen molar-refractivity contribution in [3.05, 3.63) is 28.8 Å². The molecule has 1 aliphatic rings. The van der Waals surface area contributed by atoms with Crippen LogP contribution >= 0.6 is 15.9 Å². The van der Waals surface area contributed by atoms with Gasteiger partial charge < -0.3 is 16.0 Å². The number of nitriles is 1. The Morgan fingerprint density at radius 1 is 1.21 bits per heavy atom. The number of anilines is 3. The summed E-state index contributed by atoms with van der Waals surface area (Å²) >= 11 is 3.42. The fourth-order valence-corrected chi connectivity index (χ4v) is 2.82. The second-order valence-electron chi connectivity index (χ2n) is 5.53. The largest absolute Gasteiger partial charge is 0.382 e. The lowest BCUT2D eigenvalue weighted by atomic mass is 9.98. The van der Waals surface area contributed by atoms with Crippen LogP contribution in [0.25, 0.3) is 0 Å². The van der Waals surface area contributed by atoms with Crippen LogP contribution in [0.4, 0.5) is 17.3 Å². The Morgan fingerprint density at radius 2 is 2.04 bits per heavy atom. The van der Waals surface area contributed by atoms with Crippen molar-refractivity contribution in [1.82, 2.24) is 25.5 Å². The lowest BCUT2D eigenvalue weighted by Gasteiger charge is -2.23. The zero-order chi connectivity index (χ0) is 16.8. The first-order valence-corrected chi connectivity index (χ1v) is 8.51. The maximum atomic E-state index is 8.74. The molecule has 0 unspecified atom stereocenters. The number of aromatic nitrogens is 4. The summed E-state index contributed by atoms with van der Waals surface area (Å²) in [6.45, 7) is 3.06. The Balaban J connectivity index is 1.65. The topological polar surface area (TPSA) is 111 Å². The maximum absolute atomic E-state index is 8.74. The van der Waals surface area contributed by atoms with E-state index in [0.29, 0.717) is 22.2 Å². The van der Waals surface area contributed by atoms with E-state index in [2.05, 4.69) is 52.0 Å². The van der Waals surface area contributed by atoms with Gasteiger partial charge in [-0.25, -0.2) is 9.97 Å². The molecule has 2 aromatic rings. The third-order valence-electron chi connectivity index (χ3n) is 3.81. The third-order valence-corrected chi connectivity index (χ3v) is 4.40. The van der Waals surface area contributed by atoms with Crippen LogP contribution in [0.3, 0.4) is 0 Å². The van der Waals surface area contributed by atoms with Crippen LogP contribution in [0.15, 0.2) is 23.1 Å². The molecule has 3 heterocycles. The highest BCUT2D eigenvalue weighted by atomic mass is 79.9. The SMILES string of the molecule is N#Cc1cnc(Nc2cc(NCC3CCNCC3)c(Br)nn2)cn1. The molecule has 0 amide bonds. The number of hydrogen-bond acceptors (Lipinski definition) is 8. The smallest absolute Gasteiger partial charge is 0.158 e. The van der Waals surface area contributed by atoms with Gasteiger partial charge in [-0.3, -0.25) is 0 Å². The minimum Gasteiger partial charge on any atom is -0.382 e. The van der Waals surface area contributed by atoms with E-state index in [1.807, 2.05) is 12.1 Å². The van der Waals surface area contributed by atoms with Crippen LogP contribution < -0.4 is 16.0 Å². The highest BCUT2D eigenvalue weighted by molar-refractivity contribution is 9.10. The molecule has 0 atom stereocenters. The van der Waals surface area contributed by atoms with E-state index in [0.717, 1.165) is 25.3 Å². The van der Waals surface area contributed by atoms with E-state index in [1.54, 1.807) is 0 Å². The van der Waals surface area contributed by atoms with Crippen molar-refractivity contribution in [2.24, 2.45) is 5.92 Å². The molecule has 3 rings (SSSR count). The van der Waals surface area contributed by atoms with Gasteiger partial charge in [-0.15, -0.1) is 10.2 Å². The number of nitrogens with one attached hydrogen (secondary N) is 3. The van der Waals surface area contributed by atoms with E-state index >= 15 is 0 Å². The molecule has 1 fully saturated rings. The molecule has 9 heteroatoms. The summed E-state index contributed by atoms with van der Waals surface area (Å²) in [7, 11) is 0. The van der Waals surface area contributed by atoms with Gasteiger partial charge in [0.2, 0.25) is 0 Å². The molecule has 2 aromatic heterocycles. The third kappa shape index (κ3) is 4.37. The Bertz CT molecular complexity index is 721. The molecular weight excluding hydrogens is 372 g/mol. The molecule has 0 bridgehead atoms. The molecule has 8 nitrogen and oxygen atoms in total. The predicted octanol–water partition coefficient (Wildman–Crippen LogP) is 2.06. The van der Waals surface area contributed by atoms with Crippen LogP contribution in [-0.4, -0.2) is 39.8 Å². The Kier molecular flexibility index (Phi) is 5.51. The Morgan fingerprint density at radius 3 is 2.75 bits per heavy atom. The standard InChI is InChI=1S/C15H17BrN8/c16-15-12(20-7-10-1-3-18-4-2-10)5-13(23-24-15)22-14-9-19-11(6-17)8-21-14/h5,8-10,18H,1-4,7H2,(H2,20,21,22,23). The number of hydrogen-bond donors (Lipinski definition) is 3. The normalized spacial score (nSPS) is 14.8. The molecule has 0 radical (unpaired) electrons. The van der Waals surface area contributed by atoms with Gasteiger partial charge in [0, 0.05) is 12.6 Å². The quantitative estimate of drug-likeness (QED) is 0.713. The van der Waals surface area contributed by atoms with Crippen molar-refractivity contribution in [3.63, 3.8) is 0 Å². The molecule has 124 valence electrons. The summed E-state index contributed by atoms with van der Waals surface area (Å²) in [5.74, 6) is 1.73. The maximum Gasteiger partial charge on any atom is 0.158 e. The summed E-state index contributed by atoms with van der Waals surface area (Å²) in [5, 5.41) is 26.8.